The van der Waals surface area contributed by atoms with Gasteiger partial charge < -0.3 is 4.90 Å². The molecule has 1 aliphatic rings. The molecule has 2 aromatic rings. The van der Waals surface area contributed by atoms with Crippen molar-refractivity contribution in [2.45, 2.75) is 39.2 Å². The van der Waals surface area contributed by atoms with Crippen LogP contribution in [0.5, 0.6) is 0 Å². The van der Waals surface area contributed by atoms with Gasteiger partial charge in [0, 0.05) is 23.2 Å². The first-order chi connectivity index (χ1) is 10.6. The van der Waals surface area contributed by atoms with Gasteiger partial charge in [-0.15, -0.1) is 11.3 Å². The van der Waals surface area contributed by atoms with Gasteiger partial charge >= 0.3 is 0 Å². The molecule has 1 saturated heterocycles. The Morgan fingerprint density at radius 1 is 1.32 bits per heavy atom. The fourth-order valence-electron chi connectivity index (χ4n) is 2.84. The van der Waals surface area contributed by atoms with Gasteiger partial charge in [0.15, 0.2) is 0 Å². The van der Waals surface area contributed by atoms with Crippen molar-refractivity contribution in [3.63, 3.8) is 0 Å². The highest BCUT2D eigenvalue weighted by atomic mass is 35.5. The van der Waals surface area contributed by atoms with Gasteiger partial charge in [-0.25, -0.2) is 4.98 Å². The summed E-state index contributed by atoms with van der Waals surface area (Å²) in [6.45, 7) is 4.90. The lowest BCUT2D eigenvalue weighted by Crippen LogP contribution is -2.41. The fourth-order valence-corrected chi connectivity index (χ4v) is 3.99. The van der Waals surface area contributed by atoms with E-state index in [1.165, 1.54) is 17.8 Å². The van der Waals surface area contributed by atoms with Gasteiger partial charge in [-0.05, 0) is 45.2 Å². The molecule has 116 valence electrons. The molecule has 0 N–H and O–H groups in total. The standard InChI is InChI=1S/C17H19ClN2OS/c1-11-5-3-4-10-20(11)17(21)15-12(2)19-16(22-15)13-6-8-14(18)9-7-13/h6-9,11H,3-5,10H2,1-2H3. The maximum atomic E-state index is 12.8. The van der Waals surface area contributed by atoms with E-state index < -0.39 is 0 Å². The average Bonchev–Trinajstić information content (AvgIpc) is 2.90. The Morgan fingerprint density at radius 2 is 2.05 bits per heavy atom. The van der Waals surface area contributed by atoms with E-state index in [-0.39, 0.29) is 5.91 Å². The molecule has 3 nitrogen and oxygen atoms in total. The minimum Gasteiger partial charge on any atom is -0.335 e. The Labute approximate surface area is 139 Å². The van der Waals surface area contributed by atoms with Gasteiger partial charge in [0.1, 0.15) is 9.88 Å². The second-order valence-corrected chi connectivity index (χ2v) is 7.22. The first kappa shape index (κ1) is 15.5. The Balaban J connectivity index is 1.88. The van der Waals surface area contributed by atoms with Crippen LogP contribution in [0, 0.1) is 6.92 Å². The smallest absolute Gasteiger partial charge is 0.266 e. The van der Waals surface area contributed by atoms with Crippen LogP contribution in [0.2, 0.25) is 5.02 Å². The van der Waals surface area contributed by atoms with Crippen LogP contribution in [0.4, 0.5) is 0 Å². The van der Waals surface area contributed by atoms with E-state index in [9.17, 15) is 4.79 Å². The summed E-state index contributed by atoms with van der Waals surface area (Å²) in [7, 11) is 0. The maximum absolute atomic E-state index is 12.8. The summed E-state index contributed by atoms with van der Waals surface area (Å²) in [5.74, 6) is 0.127. The molecule has 1 aliphatic heterocycles. The highest BCUT2D eigenvalue weighted by Crippen LogP contribution is 2.31. The average molecular weight is 335 g/mol. The second-order valence-electron chi connectivity index (χ2n) is 5.78. The number of likely N-dealkylation sites (tertiary alicyclic amines) is 1. The second kappa shape index (κ2) is 6.39. The third-order valence-electron chi connectivity index (χ3n) is 4.15. The topological polar surface area (TPSA) is 33.2 Å². The number of benzene rings is 1. The lowest BCUT2D eigenvalue weighted by molar-refractivity contribution is 0.0639. The molecule has 1 amide bonds. The Morgan fingerprint density at radius 3 is 2.73 bits per heavy atom. The van der Waals surface area contributed by atoms with E-state index in [2.05, 4.69) is 11.9 Å². The molecule has 2 heterocycles. The summed E-state index contributed by atoms with van der Waals surface area (Å²) < 4.78 is 0. The predicted octanol–water partition coefficient (Wildman–Crippen LogP) is 4.79. The first-order valence-corrected chi connectivity index (χ1v) is 8.80. The van der Waals surface area contributed by atoms with Crippen molar-refractivity contribution in [2.75, 3.05) is 6.54 Å². The number of thiazole rings is 1. The quantitative estimate of drug-likeness (QED) is 0.791. The Kier molecular flexibility index (Phi) is 4.50. The number of aryl methyl sites for hydroxylation is 1. The maximum Gasteiger partial charge on any atom is 0.266 e. The number of piperidine rings is 1. The molecular formula is C17H19ClN2OS. The lowest BCUT2D eigenvalue weighted by Gasteiger charge is -2.33. The van der Waals surface area contributed by atoms with Crippen molar-refractivity contribution >= 4 is 28.8 Å². The van der Waals surface area contributed by atoms with E-state index in [1.54, 1.807) is 0 Å². The fraction of sp³-hybridized carbons (Fsp3) is 0.412. The third-order valence-corrected chi connectivity index (χ3v) is 5.59. The molecule has 1 aromatic carbocycles. The van der Waals surface area contributed by atoms with Crippen LogP contribution in [-0.4, -0.2) is 28.4 Å². The highest BCUT2D eigenvalue weighted by Gasteiger charge is 2.27. The zero-order valence-corrected chi connectivity index (χ0v) is 14.4. The van der Waals surface area contributed by atoms with Crippen LogP contribution in [-0.2, 0) is 0 Å². The summed E-state index contributed by atoms with van der Waals surface area (Å²) >= 11 is 7.40. The molecule has 0 spiro atoms. The van der Waals surface area contributed by atoms with Gasteiger partial charge in [-0.1, -0.05) is 23.7 Å². The number of amides is 1. The van der Waals surface area contributed by atoms with Crippen molar-refractivity contribution in [3.05, 3.63) is 39.9 Å². The molecule has 22 heavy (non-hydrogen) atoms. The number of carbonyl (C=O) groups excluding carboxylic acids is 1. The predicted molar refractivity (Wildman–Crippen MR) is 91.6 cm³/mol. The molecule has 0 saturated carbocycles. The molecule has 0 radical (unpaired) electrons. The summed E-state index contributed by atoms with van der Waals surface area (Å²) in [6.07, 6.45) is 3.40. The van der Waals surface area contributed by atoms with Gasteiger partial charge in [0.25, 0.3) is 5.91 Å². The number of carbonyl (C=O) groups is 1. The molecule has 1 fully saturated rings. The third kappa shape index (κ3) is 3.03. The van der Waals surface area contributed by atoms with Gasteiger partial charge in [-0.2, -0.15) is 0 Å². The van der Waals surface area contributed by atoms with Crippen LogP contribution >= 0.6 is 22.9 Å². The highest BCUT2D eigenvalue weighted by molar-refractivity contribution is 7.17. The zero-order valence-electron chi connectivity index (χ0n) is 12.8. The summed E-state index contributed by atoms with van der Waals surface area (Å²) in [5, 5.41) is 1.58. The van der Waals surface area contributed by atoms with Crippen LogP contribution in [0.15, 0.2) is 24.3 Å². The minimum absolute atomic E-state index is 0.127. The SMILES string of the molecule is Cc1nc(-c2ccc(Cl)cc2)sc1C(=O)N1CCCCC1C. The first-order valence-electron chi connectivity index (χ1n) is 7.60. The number of nitrogens with zero attached hydrogens (tertiary/aromatic N) is 2. The Hall–Kier alpha value is -1.39. The van der Waals surface area contributed by atoms with Crippen molar-refractivity contribution < 1.29 is 4.79 Å². The van der Waals surface area contributed by atoms with E-state index in [1.807, 2.05) is 36.1 Å². The van der Waals surface area contributed by atoms with Gasteiger partial charge in [0.2, 0.25) is 0 Å². The monoisotopic (exact) mass is 334 g/mol. The number of hydrogen-bond donors (Lipinski definition) is 0. The normalized spacial score (nSPS) is 18.5. The molecule has 3 rings (SSSR count). The zero-order chi connectivity index (χ0) is 15.7. The number of aromatic nitrogens is 1. The number of rotatable bonds is 2. The summed E-state index contributed by atoms with van der Waals surface area (Å²) in [5.41, 5.74) is 1.82. The van der Waals surface area contributed by atoms with E-state index in [0.29, 0.717) is 11.1 Å². The van der Waals surface area contributed by atoms with Gasteiger partial charge in [-0.3, -0.25) is 4.79 Å². The van der Waals surface area contributed by atoms with Crippen molar-refractivity contribution in [1.82, 2.24) is 9.88 Å². The Bertz CT molecular complexity index is 680. The number of halogens is 1. The minimum atomic E-state index is 0.127. The molecule has 5 heteroatoms. The van der Waals surface area contributed by atoms with Crippen LogP contribution in [0.3, 0.4) is 0 Å². The largest absolute Gasteiger partial charge is 0.335 e. The van der Waals surface area contributed by atoms with Crippen LogP contribution in [0.1, 0.15) is 41.6 Å². The van der Waals surface area contributed by atoms with E-state index >= 15 is 0 Å². The van der Waals surface area contributed by atoms with Crippen LogP contribution < -0.4 is 0 Å². The molecule has 1 atom stereocenters. The molecule has 0 bridgehead atoms. The van der Waals surface area contributed by atoms with Crippen molar-refractivity contribution in [2.24, 2.45) is 0 Å². The van der Waals surface area contributed by atoms with Crippen molar-refractivity contribution in [1.29, 1.82) is 0 Å². The van der Waals surface area contributed by atoms with Gasteiger partial charge in [0.05, 0.1) is 5.69 Å². The van der Waals surface area contributed by atoms with Crippen molar-refractivity contribution in [3.8, 4) is 10.6 Å². The summed E-state index contributed by atoms with van der Waals surface area (Å²) in [6, 6.07) is 7.90. The van der Waals surface area contributed by atoms with Crippen LogP contribution in [0.25, 0.3) is 10.6 Å². The molecule has 1 aromatic heterocycles. The lowest BCUT2D eigenvalue weighted by atomic mass is 10.0. The summed E-state index contributed by atoms with van der Waals surface area (Å²) in [4.78, 5) is 20.1. The molecule has 1 unspecified atom stereocenters. The molecular weight excluding hydrogens is 316 g/mol. The van der Waals surface area contributed by atoms with E-state index in [4.69, 9.17) is 11.6 Å². The molecule has 0 aliphatic carbocycles. The number of hydrogen-bond acceptors (Lipinski definition) is 3. The van der Waals surface area contributed by atoms with E-state index in [0.717, 1.165) is 40.5 Å².